The summed E-state index contributed by atoms with van der Waals surface area (Å²) in [6.45, 7) is 0. The maximum Gasteiger partial charge on any atom is 0.307 e. The molecular weight excluding hydrogens is 377 g/mol. The number of aromatic hydroxyl groups is 1. The number of hydrogen-bond donors (Lipinski definition) is 2. The topological polar surface area (TPSA) is 72.5 Å². The fourth-order valence-electron chi connectivity index (χ4n) is 1.30. The van der Waals surface area contributed by atoms with Gasteiger partial charge >= 0.3 is 5.97 Å². The third kappa shape index (κ3) is 4.46. The molecule has 3 N–H and O–H groups in total. The zero-order valence-electron chi connectivity index (χ0n) is 8.94. The lowest BCUT2D eigenvalue weighted by molar-refractivity contribution is -0.141. The molecule has 96 valence electrons. The average molecular weight is 389 g/mol. The smallest absolute Gasteiger partial charge is 0.307 e. The first kappa shape index (κ1) is 16.7. The van der Waals surface area contributed by atoms with Gasteiger partial charge in [0.25, 0.3) is 0 Å². The summed E-state index contributed by atoms with van der Waals surface area (Å²) in [5, 5.41) is 9.74. The first-order valence-corrected chi connectivity index (χ1v) is 6.04. The van der Waals surface area contributed by atoms with Crippen molar-refractivity contribution in [3.63, 3.8) is 0 Å². The Balaban J connectivity index is 0.00000256. The van der Waals surface area contributed by atoms with E-state index in [2.05, 4.69) is 36.6 Å². The Hall–Kier alpha value is -0.300. The van der Waals surface area contributed by atoms with E-state index in [1.54, 1.807) is 6.07 Å². The number of methoxy groups -OCH3 is 1. The molecule has 0 aliphatic carbocycles. The molecule has 0 fully saturated rings. The van der Waals surface area contributed by atoms with Crippen molar-refractivity contribution in [3.8, 4) is 5.75 Å². The monoisotopic (exact) mass is 387 g/mol. The van der Waals surface area contributed by atoms with E-state index < -0.39 is 12.0 Å². The van der Waals surface area contributed by atoms with Crippen molar-refractivity contribution < 1.29 is 14.6 Å². The lowest BCUT2D eigenvalue weighted by atomic mass is 10.0. The van der Waals surface area contributed by atoms with E-state index in [0.717, 1.165) is 4.47 Å². The molecule has 1 rings (SSSR count). The van der Waals surface area contributed by atoms with Crippen LogP contribution in [0.5, 0.6) is 5.75 Å². The van der Waals surface area contributed by atoms with Crippen molar-refractivity contribution in [2.75, 3.05) is 7.11 Å². The Labute approximate surface area is 122 Å². The molecule has 0 heterocycles. The van der Waals surface area contributed by atoms with Gasteiger partial charge in [-0.05, 0) is 12.1 Å². The van der Waals surface area contributed by atoms with Crippen LogP contribution >= 0.6 is 44.3 Å². The number of benzene rings is 1. The van der Waals surface area contributed by atoms with Gasteiger partial charge in [0.15, 0.2) is 0 Å². The minimum Gasteiger partial charge on any atom is -0.508 e. The maximum atomic E-state index is 11.1. The first-order valence-electron chi connectivity index (χ1n) is 4.46. The highest BCUT2D eigenvalue weighted by Crippen LogP contribution is 2.35. The van der Waals surface area contributed by atoms with Crippen LogP contribution in [0.1, 0.15) is 18.0 Å². The Morgan fingerprint density at radius 1 is 1.53 bits per heavy atom. The highest BCUT2D eigenvalue weighted by Gasteiger charge is 2.18. The lowest BCUT2D eigenvalue weighted by Gasteiger charge is -2.14. The van der Waals surface area contributed by atoms with Crippen molar-refractivity contribution >= 4 is 50.2 Å². The number of phenolic OH excluding ortho intramolecular Hbond substituents is 1. The summed E-state index contributed by atoms with van der Waals surface area (Å²) in [4.78, 5) is 11.1. The summed E-state index contributed by atoms with van der Waals surface area (Å²) >= 11 is 6.53. The summed E-state index contributed by atoms with van der Waals surface area (Å²) < 4.78 is 5.90. The largest absolute Gasteiger partial charge is 0.508 e. The average Bonchev–Trinajstić information content (AvgIpc) is 2.15. The van der Waals surface area contributed by atoms with E-state index in [1.807, 2.05) is 0 Å². The molecule has 0 aliphatic rings. The molecule has 0 unspecified atom stereocenters. The van der Waals surface area contributed by atoms with Crippen LogP contribution in [0.3, 0.4) is 0 Å². The number of carbonyl (C=O) groups excluding carboxylic acids is 1. The van der Waals surface area contributed by atoms with Gasteiger partial charge in [0.1, 0.15) is 5.75 Å². The third-order valence-corrected chi connectivity index (χ3v) is 3.17. The summed E-state index contributed by atoms with van der Waals surface area (Å²) in [7, 11) is 1.30. The lowest BCUT2D eigenvalue weighted by Crippen LogP contribution is -2.17. The molecule has 0 aromatic heterocycles. The van der Waals surface area contributed by atoms with Gasteiger partial charge in [-0.2, -0.15) is 0 Å². The molecule has 1 aromatic carbocycles. The molecule has 0 amide bonds. The number of rotatable bonds is 3. The molecule has 0 radical (unpaired) electrons. The second kappa shape index (κ2) is 7.20. The molecule has 0 saturated carbocycles. The number of hydrogen-bond acceptors (Lipinski definition) is 4. The summed E-state index contributed by atoms with van der Waals surface area (Å²) in [5.41, 5.74) is 6.31. The van der Waals surface area contributed by atoms with Crippen LogP contribution in [0.2, 0.25) is 0 Å². The summed E-state index contributed by atoms with van der Waals surface area (Å²) in [6, 6.07) is 2.68. The highest BCUT2D eigenvalue weighted by atomic mass is 79.9. The molecule has 17 heavy (non-hydrogen) atoms. The zero-order valence-corrected chi connectivity index (χ0v) is 12.9. The normalized spacial score (nSPS) is 11.5. The fraction of sp³-hybridized carbons (Fsp3) is 0.300. The van der Waals surface area contributed by atoms with Gasteiger partial charge in [-0.25, -0.2) is 0 Å². The van der Waals surface area contributed by atoms with E-state index in [4.69, 9.17) is 5.73 Å². The molecule has 0 saturated heterocycles. The number of ether oxygens (including phenoxy) is 1. The summed E-state index contributed by atoms with van der Waals surface area (Å²) in [5.74, 6) is -0.376. The van der Waals surface area contributed by atoms with E-state index in [9.17, 15) is 9.90 Å². The van der Waals surface area contributed by atoms with Crippen LogP contribution in [0.25, 0.3) is 0 Å². The van der Waals surface area contributed by atoms with Crippen LogP contribution in [-0.4, -0.2) is 18.2 Å². The van der Waals surface area contributed by atoms with Crippen molar-refractivity contribution in [1.82, 2.24) is 0 Å². The number of phenols is 1. The van der Waals surface area contributed by atoms with Crippen LogP contribution in [0.15, 0.2) is 21.1 Å². The molecule has 0 aliphatic heterocycles. The van der Waals surface area contributed by atoms with Gasteiger partial charge in [-0.15, -0.1) is 12.4 Å². The molecule has 1 aromatic rings. The van der Waals surface area contributed by atoms with Crippen molar-refractivity contribution in [2.24, 2.45) is 5.73 Å². The van der Waals surface area contributed by atoms with Gasteiger partial charge in [-0.1, -0.05) is 31.9 Å². The number of halogens is 3. The van der Waals surface area contributed by atoms with Crippen LogP contribution in [-0.2, 0) is 9.53 Å². The van der Waals surface area contributed by atoms with E-state index >= 15 is 0 Å². The zero-order chi connectivity index (χ0) is 12.3. The Kier molecular flexibility index (Phi) is 7.08. The van der Waals surface area contributed by atoms with Crippen LogP contribution in [0.4, 0.5) is 0 Å². The fourth-order valence-corrected chi connectivity index (χ4v) is 2.80. The van der Waals surface area contributed by atoms with Crippen LogP contribution < -0.4 is 5.73 Å². The van der Waals surface area contributed by atoms with Crippen LogP contribution in [0, 0.1) is 0 Å². The minimum absolute atomic E-state index is 0. The maximum absolute atomic E-state index is 11.1. The highest BCUT2D eigenvalue weighted by molar-refractivity contribution is 9.11. The van der Waals surface area contributed by atoms with E-state index in [0.29, 0.717) is 10.0 Å². The van der Waals surface area contributed by atoms with E-state index in [-0.39, 0.29) is 24.6 Å². The minimum atomic E-state index is -0.602. The third-order valence-electron chi connectivity index (χ3n) is 2.06. The second-order valence-electron chi connectivity index (χ2n) is 3.21. The molecule has 7 heteroatoms. The summed E-state index contributed by atoms with van der Waals surface area (Å²) in [6.07, 6.45) is 0.0181. The van der Waals surface area contributed by atoms with Gasteiger partial charge in [0.2, 0.25) is 0 Å². The molecule has 0 bridgehead atoms. The standard InChI is InChI=1S/C10H11Br2NO3.ClH/c1-16-9(15)4-7(13)10-6(12)2-5(11)3-8(10)14;/h2-3,7,14H,4,13H2,1H3;1H/t7-;/m0./s1. The van der Waals surface area contributed by atoms with Gasteiger partial charge < -0.3 is 15.6 Å². The molecule has 4 nitrogen and oxygen atoms in total. The SMILES string of the molecule is COC(=O)C[C@H](N)c1c(O)cc(Br)cc1Br.Cl. The van der Waals surface area contributed by atoms with Gasteiger partial charge in [-0.3, -0.25) is 4.79 Å². The number of carbonyl (C=O) groups is 1. The Morgan fingerprint density at radius 3 is 2.59 bits per heavy atom. The van der Waals surface area contributed by atoms with Crippen molar-refractivity contribution in [1.29, 1.82) is 0 Å². The molecular formula is C10H12Br2ClNO3. The quantitative estimate of drug-likeness (QED) is 0.780. The Morgan fingerprint density at radius 2 is 2.12 bits per heavy atom. The predicted molar refractivity (Wildman–Crippen MR) is 74.3 cm³/mol. The van der Waals surface area contributed by atoms with Crippen molar-refractivity contribution in [2.45, 2.75) is 12.5 Å². The predicted octanol–water partition coefficient (Wildman–Crippen LogP) is 2.90. The number of esters is 1. The first-order chi connectivity index (χ1) is 7.45. The second-order valence-corrected chi connectivity index (χ2v) is 4.98. The van der Waals surface area contributed by atoms with E-state index in [1.165, 1.54) is 13.2 Å². The molecule has 0 spiro atoms. The number of nitrogens with two attached hydrogens (primary N) is 1. The van der Waals surface area contributed by atoms with Gasteiger partial charge in [0, 0.05) is 20.6 Å². The molecule has 1 atom stereocenters. The Bertz CT molecular complexity index is 392. The van der Waals surface area contributed by atoms with Gasteiger partial charge in [0.05, 0.1) is 13.5 Å². The van der Waals surface area contributed by atoms with Crippen molar-refractivity contribution in [3.05, 3.63) is 26.6 Å².